The Morgan fingerprint density at radius 3 is 2.90 bits per heavy atom. The highest BCUT2D eigenvalue weighted by Gasteiger charge is 2.07. The Hall–Kier alpha value is -2.89. The molecular weight excluding hydrogens is 256 g/mol. The number of nitrogens with one attached hydrogen (secondary N) is 2. The number of aromatic nitrogens is 3. The number of rotatable bonds is 4. The van der Waals surface area contributed by atoms with E-state index in [1.807, 2.05) is 0 Å². The Bertz CT molecular complexity index is 673. The Kier molecular flexibility index (Phi) is 3.28. The van der Waals surface area contributed by atoms with E-state index in [1.54, 1.807) is 49.1 Å². The summed E-state index contributed by atoms with van der Waals surface area (Å²) in [4.78, 5) is 16.2. The molecule has 0 aromatic carbocycles. The van der Waals surface area contributed by atoms with Gasteiger partial charge >= 0.3 is 0 Å². The maximum absolute atomic E-state index is 11.9. The zero-order valence-electron chi connectivity index (χ0n) is 10.5. The van der Waals surface area contributed by atoms with Crippen molar-refractivity contribution in [1.82, 2.24) is 20.5 Å². The van der Waals surface area contributed by atoms with Crippen LogP contribution in [-0.4, -0.2) is 21.1 Å². The lowest BCUT2D eigenvalue weighted by Crippen LogP contribution is -2.22. The van der Waals surface area contributed by atoms with Gasteiger partial charge in [-0.25, -0.2) is 0 Å². The second-order valence-corrected chi connectivity index (χ2v) is 4.18. The van der Waals surface area contributed by atoms with Crippen molar-refractivity contribution in [3.8, 4) is 11.3 Å². The molecule has 3 aromatic heterocycles. The molecule has 1 amide bonds. The van der Waals surface area contributed by atoms with E-state index in [-0.39, 0.29) is 5.91 Å². The molecule has 0 radical (unpaired) electrons. The van der Waals surface area contributed by atoms with Gasteiger partial charge in [0, 0.05) is 18.0 Å². The highest BCUT2D eigenvalue weighted by Crippen LogP contribution is 2.14. The van der Waals surface area contributed by atoms with Gasteiger partial charge in [-0.2, -0.15) is 5.10 Å². The molecule has 2 N–H and O–H groups in total. The van der Waals surface area contributed by atoms with E-state index in [1.165, 1.54) is 0 Å². The van der Waals surface area contributed by atoms with Crippen molar-refractivity contribution < 1.29 is 9.21 Å². The number of amides is 1. The summed E-state index contributed by atoms with van der Waals surface area (Å²) in [5.74, 6) is 0.522. The van der Waals surface area contributed by atoms with Crippen LogP contribution >= 0.6 is 0 Å². The minimum atomic E-state index is -0.187. The van der Waals surface area contributed by atoms with Crippen LogP contribution in [0.4, 0.5) is 0 Å². The van der Waals surface area contributed by atoms with E-state index in [2.05, 4.69) is 20.5 Å². The van der Waals surface area contributed by atoms with Crippen molar-refractivity contribution in [2.24, 2.45) is 0 Å². The molecule has 3 aromatic rings. The zero-order chi connectivity index (χ0) is 13.8. The zero-order valence-corrected chi connectivity index (χ0v) is 10.5. The van der Waals surface area contributed by atoms with Gasteiger partial charge in [-0.15, -0.1) is 0 Å². The highest BCUT2D eigenvalue weighted by molar-refractivity contribution is 5.94. The molecule has 0 aliphatic heterocycles. The van der Waals surface area contributed by atoms with E-state index < -0.39 is 0 Å². The summed E-state index contributed by atoms with van der Waals surface area (Å²) >= 11 is 0. The largest absolute Gasteiger partial charge is 0.467 e. The average Bonchev–Trinajstić information content (AvgIpc) is 3.18. The predicted octanol–water partition coefficient (Wildman–Crippen LogP) is 1.99. The summed E-state index contributed by atoms with van der Waals surface area (Å²) in [6.45, 7) is 0.356. The minimum Gasteiger partial charge on any atom is -0.467 e. The lowest BCUT2D eigenvalue weighted by molar-refractivity contribution is 0.0947. The lowest BCUT2D eigenvalue weighted by Gasteiger charge is -2.03. The average molecular weight is 268 g/mol. The van der Waals surface area contributed by atoms with Crippen LogP contribution < -0.4 is 5.32 Å². The molecule has 0 fully saturated rings. The standard InChI is InChI=1S/C14H12N4O2/c19-14(16-9-12-2-1-5-20-12)10-3-4-13(15-6-10)11-7-17-18-8-11/h1-8H,9H2,(H,16,19)(H,17,18). The van der Waals surface area contributed by atoms with Crippen molar-refractivity contribution in [2.75, 3.05) is 0 Å². The van der Waals surface area contributed by atoms with Crippen molar-refractivity contribution in [2.45, 2.75) is 6.54 Å². The van der Waals surface area contributed by atoms with Crippen LogP contribution in [0.15, 0.2) is 53.5 Å². The van der Waals surface area contributed by atoms with Crippen molar-refractivity contribution in [1.29, 1.82) is 0 Å². The summed E-state index contributed by atoms with van der Waals surface area (Å²) in [6, 6.07) is 7.10. The fourth-order valence-electron chi connectivity index (χ4n) is 1.77. The second-order valence-electron chi connectivity index (χ2n) is 4.18. The Morgan fingerprint density at radius 1 is 1.30 bits per heavy atom. The Labute approximate surface area is 114 Å². The molecule has 0 saturated carbocycles. The number of carbonyl (C=O) groups excluding carboxylic acids is 1. The van der Waals surface area contributed by atoms with Gasteiger partial charge in [0.2, 0.25) is 0 Å². The second kappa shape index (κ2) is 5.40. The SMILES string of the molecule is O=C(NCc1ccco1)c1ccc(-c2cn[nH]c2)nc1. The topological polar surface area (TPSA) is 83.8 Å². The number of carbonyl (C=O) groups is 1. The summed E-state index contributed by atoms with van der Waals surface area (Å²) < 4.78 is 5.15. The van der Waals surface area contributed by atoms with Crippen LogP contribution in [0.1, 0.15) is 16.1 Å². The van der Waals surface area contributed by atoms with Gasteiger partial charge in [0.1, 0.15) is 5.76 Å². The number of furan rings is 1. The molecule has 6 nitrogen and oxygen atoms in total. The molecule has 0 spiro atoms. The van der Waals surface area contributed by atoms with Crippen LogP contribution in [0.25, 0.3) is 11.3 Å². The summed E-state index contributed by atoms with van der Waals surface area (Å²) in [7, 11) is 0. The fraction of sp³-hybridized carbons (Fsp3) is 0.0714. The third-order valence-corrected chi connectivity index (χ3v) is 2.82. The number of aromatic amines is 1. The summed E-state index contributed by atoms with van der Waals surface area (Å²) in [5, 5.41) is 9.35. The van der Waals surface area contributed by atoms with E-state index in [0.717, 1.165) is 11.3 Å². The third-order valence-electron chi connectivity index (χ3n) is 2.82. The molecule has 0 aliphatic rings. The number of nitrogens with zero attached hydrogens (tertiary/aromatic N) is 2. The molecular formula is C14H12N4O2. The first-order chi connectivity index (χ1) is 9.83. The first-order valence-electron chi connectivity index (χ1n) is 6.09. The van der Waals surface area contributed by atoms with Gasteiger partial charge in [0.15, 0.2) is 0 Å². The van der Waals surface area contributed by atoms with E-state index in [0.29, 0.717) is 17.9 Å². The Balaban J connectivity index is 1.66. The molecule has 0 saturated heterocycles. The molecule has 3 rings (SSSR count). The smallest absolute Gasteiger partial charge is 0.253 e. The van der Waals surface area contributed by atoms with Crippen LogP contribution in [0.2, 0.25) is 0 Å². The first-order valence-corrected chi connectivity index (χ1v) is 6.09. The van der Waals surface area contributed by atoms with Gasteiger partial charge in [-0.3, -0.25) is 14.9 Å². The highest BCUT2D eigenvalue weighted by atomic mass is 16.3. The van der Waals surface area contributed by atoms with Crippen LogP contribution in [0, 0.1) is 0 Å². The number of hydrogen-bond acceptors (Lipinski definition) is 4. The number of H-pyrrole nitrogens is 1. The molecule has 6 heteroatoms. The predicted molar refractivity (Wildman–Crippen MR) is 71.7 cm³/mol. The molecule has 20 heavy (non-hydrogen) atoms. The quantitative estimate of drug-likeness (QED) is 0.758. The molecule has 0 bridgehead atoms. The maximum atomic E-state index is 11.9. The van der Waals surface area contributed by atoms with Crippen LogP contribution in [0.3, 0.4) is 0 Å². The van der Waals surface area contributed by atoms with Crippen molar-refractivity contribution >= 4 is 5.91 Å². The van der Waals surface area contributed by atoms with E-state index in [4.69, 9.17) is 4.42 Å². The summed E-state index contributed by atoms with van der Waals surface area (Å²) in [6.07, 6.45) is 6.54. The number of pyridine rings is 1. The van der Waals surface area contributed by atoms with Gasteiger partial charge in [-0.05, 0) is 24.3 Å². The molecule has 100 valence electrons. The van der Waals surface area contributed by atoms with Crippen LogP contribution in [0.5, 0.6) is 0 Å². The van der Waals surface area contributed by atoms with Gasteiger partial charge in [0.05, 0.1) is 30.3 Å². The molecule has 0 unspecified atom stereocenters. The fourth-order valence-corrected chi connectivity index (χ4v) is 1.77. The van der Waals surface area contributed by atoms with Gasteiger partial charge in [0.25, 0.3) is 5.91 Å². The first kappa shape index (κ1) is 12.2. The van der Waals surface area contributed by atoms with E-state index in [9.17, 15) is 4.79 Å². The maximum Gasteiger partial charge on any atom is 0.253 e. The summed E-state index contributed by atoms with van der Waals surface area (Å²) in [5.41, 5.74) is 2.15. The normalized spacial score (nSPS) is 10.4. The molecule has 3 heterocycles. The molecule has 0 aliphatic carbocycles. The third kappa shape index (κ3) is 2.59. The number of hydrogen-bond donors (Lipinski definition) is 2. The minimum absolute atomic E-state index is 0.187. The van der Waals surface area contributed by atoms with Gasteiger partial charge in [-0.1, -0.05) is 0 Å². The Morgan fingerprint density at radius 2 is 2.25 bits per heavy atom. The van der Waals surface area contributed by atoms with E-state index >= 15 is 0 Å². The lowest BCUT2D eigenvalue weighted by atomic mass is 10.2. The monoisotopic (exact) mass is 268 g/mol. The van der Waals surface area contributed by atoms with Crippen molar-refractivity contribution in [3.05, 3.63) is 60.4 Å². The van der Waals surface area contributed by atoms with Gasteiger partial charge < -0.3 is 9.73 Å². The molecule has 0 atom stereocenters. The van der Waals surface area contributed by atoms with Crippen molar-refractivity contribution in [3.63, 3.8) is 0 Å². The van der Waals surface area contributed by atoms with Crippen LogP contribution in [-0.2, 0) is 6.54 Å².